The maximum atomic E-state index is 13.3. The van der Waals surface area contributed by atoms with E-state index in [1.54, 1.807) is 18.3 Å². The van der Waals surface area contributed by atoms with Crippen LogP contribution in [-0.4, -0.2) is 24.7 Å². The number of anilines is 1. The van der Waals surface area contributed by atoms with Crippen molar-refractivity contribution in [3.05, 3.63) is 41.8 Å². The molecule has 30 heavy (non-hydrogen) atoms. The highest BCUT2D eigenvalue weighted by Crippen LogP contribution is 2.44. The molecule has 0 bridgehead atoms. The zero-order valence-corrected chi connectivity index (χ0v) is 17.9. The van der Waals surface area contributed by atoms with Gasteiger partial charge in [-0.3, -0.25) is 4.79 Å². The van der Waals surface area contributed by atoms with Crippen LogP contribution in [0.5, 0.6) is 0 Å². The first-order valence-corrected chi connectivity index (χ1v) is 12.7. The van der Waals surface area contributed by atoms with Crippen LogP contribution in [0.25, 0.3) is 0 Å². The SMILES string of the molecule is O=C(Nc1cnoc1C1CC1)C(CC1CCCC1)c1ccc(S(=O)(=O)C2CC2)cc1. The number of rotatable bonds is 8. The van der Waals surface area contributed by atoms with Crippen LogP contribution in [0.3, 0.4) is 0 Å². The highest BCUT2D eigenvalue weighted by molar-refractivity contribution is 7.92. The Labute approximate surface area is 177 Å². The lowest BCUT2D eigenvalue weighted by Gasteiger charge is -2.21. The third-order valence-corrected chi connectivity index (χ3v) is 9.02. The number of amides is 1. The second-order valence-electron chi connectivity index (χ2n) is 9.12. The second kappa shape index (κ2) is 7.84. The number of aromatic nitrogens is 1. The molecule has 1 aromatic heterocycles. The molecule has 1 atom stereocenters. The van der Waals surface area contributed by atoms with Crippen molar-refractivity contribution in [3.63, 3.8) is 0 Å². The van der Waals surface area contributed by atoms with Crippen LogP contribution in [0, 0.1) is 5.92 Å². The molecule has 1 N–H and O–H groups in total. The molecule has 0 radical (unpaired) electrons. The third kappa shape index (κ3) is 4.04. The molecule has 0 spiro atoms. The first-order chi connectivity index (χ1) is 14.5. The number of carbonyl (C=O) groups excluding carboxylic acids is 1. The molecule has 3 fully saturated rings. The molecule has 5 rings (SSSR count). The molecule has 3 aliphatic carbocycles. The molecule has 160 valence electrons. The van der Waals surface area contributed by atoms with Gasteiger partial charge in [-0.05, 0) is 55.7 Å². The van der Waals surface area contributed by atoms with Crippen LogP contribution in [0.1, 0.15) is 80.9 Å². The van der Waals surface area contributed by atoms with Gasteiger partial charge in [0.1, 0.15) is 5.69 Å². The predicted molar refractivity (Wildman–Crippen MR) is 113 cm³/mol. The standard InChI is InChI=1S/C23H28N2O4S/c26-23(25-21-14-24-29-22(21)17-5-6-17)20(13-15-3-1-2-4-15)16-7-9-18(10-8-16)30(27,28)19-11-12-19/h7-10,14-15,17,19-20H,1-6,11-13H2,(H,25,26). The normalized spacial score (nSPS) is 20.9. The average molecular weight is 429 g/mol. The van der Waals surface area contributed by atoms with Gasteiger partial charge in [0.2, 0.25) is 5.91 Å². The molecule has 3 aliphatic rings. The summed E-state index contributed by atoms with van der Waals surface area (Å²) in [4.78, 5) is 13.7. The first-order valence-electron chi connectivity index (χ1n) is 11.1. The lowest BCUT2D eigenvalue weighted by molar-refractivity contribution is -0.118. The van der Waals surface area contributed by atoms with Gasteiger partial charge in [0.25, 0.3) is 0 Å². The van der Waals surface area contributed by atoms with Gasteiger partial charge >= 0.3 is 0 Å². The Morgan fingerprint density at radius 2 is 1.77 bits per heavy atom. The van der Waals surface area contributed by atoms with E-state index in [1.807, 2.05) is 12.1 Å². The maximum absolute atomic E-state index is 13.3. The van der Waals surface area contributed by atoms with Gasteiger partial charge < -0.3 is 9.84 Å². The summed E-state index contributed by atoms with van der Waals surface area (Å²) >= 11 is 0. The molecule has 1 amide bonds. The van der Waals surface area contributed by atoms with Gasteiger partial charge in [-0.25, -0.2) is 8.42 Å². The van der Waals surface area contributed by atoms with Crippen LogP contribution in [0.2, 0.25) is 0 Å². The van der Waals surface area contributed by atoms with E-state index in [2.05, 4.69) is 10.5 Å². The summed E-state index contributed by atoms with van der Waals surface area (Å²) in [5.74, 6) is 1.29. The highest BCUT2D eigenvalue weighted by Gasteiger charge is 2.37. The van der Waals surface area contributed by atoms with E-state index in [4.69, 9.17) is 4.52 Å². The average Bonchev–Trinajstić information content (AvgIpc) is 3.67. The second-order valence-corrected chi connectivity index (χ2v) is 11.3. The molecular formula is C23H28N2O4S. The molecule has 2 aromatic rings. The minimum atomic E-state index is -3.22. The Balaban J connectivity index is 1.38. The maximum Gasteiger partial charge on any atom is 0.232 e. The van der Waals surface area contributed by atoms with Crippen molar-refractivity contribution in [2.75, 3.05) is 5.32 Å². The van der Waals surface area contributed by atoms with E-state index in [0.29, 0.717) is 22.4 Å². The van der Waals surface area contributed by atoms with Crippen molar-refractivity contribution in [1.29, 1.82) is 0 Å². The Bertz CT molecular complexity index is 1010. The quantitative estimate of drug-likeness (QED) is 0.653. The molecule has 6 nitrogen and oxygen atoms in total. The van der Waals surface area contributed by atoms with Gasteiger partial charge in [-0.1, -0.05) is 43.0 Å². The molecule has 3 saturated carbocycles. The molecule has 1 heterocycles. The van der Waals surface area contributed by atoms with E-state index in [0.717, 1.165) is 56.3 Å². The van der Waals surface area contributed by atoms with E-state index in [-0.39, 0.29) is 17.1 Å². The molecule has 7 heteroatoms. The van der Waals surface area contributed by atoms with Gasteiger partial charge in [0, 0.05) is 5.92 Å². The summed E-state index contributed by atoms with van der Waals surface area (Å²) in [6.07, 6.45) is 10.7. The number of benzene rings is 1. The number of nitrogens with one attached hydrogen (secondary N) is 1. The molecule has 0 saturated heterocycles. The Kier molecular flexibility index (Phi) is 5.17. The smallest absolute Gasteiger partial charge is 0.232 e. The minimum absolute atomic E-state index is 0.0650. The number of hydrogen-bond donors (Lipinski definition) is 1. The van der Waals surface area contributed by atoms with Crippen LogP contribution in [0.15, 0.2) is 39.9 Å². The number of carbonyl (C=O) groups is 1. The fraction of sp³-hybridized carbons (Fsp3) is 0.565. The zero-order valence-electron chi connectivity index (χ0n) is 17.0. The highest BCUT2D eigenvalue weighted by atomic mass is 32.2. The Morgan fingerprint density at radius 1 is 1.07 bits per heavy atom. The van der Waals surface area contributed by atoms with E-state index in [9.17, 15) is 13.2 Å². The van der Waals surface area contributed by atoms with Crippen LogP contribution in [0.4, 0.5) is 5.69 Å². The van der Waals surface area contributed by atoms with Gasteiger partial charge in [-0.2, -0.15) is 0 Å². The van der Waals surface area contributed by atoms with E-state index in [1.165, 1.54) is 12.8 Å². The predicted octanol–water partition coefficient (Wildman–Crippen LogP) is 4.79. The fourth-order valence-electron chi connectivity index (χ4n) is 4.64. The lowest BCUT2D eigenvalue weighted by atomic mass is 9.87. The summed E-state index contributed by atoms with van der Waals surface area (Å²) in [5, 5.41) is 6.69. The molecule has 1 aromatic carbocycles. The van der Waals surface area contributed by atoms with Gasteiger partial charge in [-0.15, -0.1) is 0 Å². The first kappa shape index (κ1) is 19.8. The fourth-order valence-corrected chi connectivity index (χ4v) is 6.29. The van der Waals surface area contributed by atoms with Gasteiger partial charge in [0.15, 0.2) is 15.6 Å². The zero-order chi connectivity index (χ0) is 20.7. The summed E-state index contributed by atoms with van der Waals surface area (Å²) in [7, 11) is -3.22. The topological polar surface area (TPSA) is 89.3 Å². The van der Waals surface area contributed by atoms with E-state index >= 15 is 0 Å². The lowest BCUT2D eigenvalue weighted by Crippen LogP contribution is -2.23. The Hall–Kier alpha value is -2.15. The van der Waals surface area contributed by atoms with Crippen LogP contribution >= 0.6 is 0 Å². The monoisotopic (exact) mass is 428 g/mol. The summed E-state index contributed by atoms with van der Waals surface area (Å²) in [6.45, 7) is 0. The summed E-state index contributed by atoms with van der Waals surface area (Å²) < 4.78 is 30.4. The molecule has 0 aliphatic heterocycles. The summed E-state index contributed by atoms with van der Waals surface area (Å²) in [5.41, 5.74) is 1.55. The number of hydrogen-bond acceptors (Lipinski definition) is 5. The van der Waals surface area contributed by atoms with Crippen molar-refractivity contribution in [1.82, 2.24) is 5.16 Å². The van der Waals surface area contributed by atoms with Crippen molar-refractivity contribution in [3.8, 4) is 0 Å². The molecule has 1 unspecified atom stereocenters. The third-order valence-electron chi connectivity index (χ3n) is 6.74. The number of sulfone groups is 1. The van der Waals surface area contributed by atoms with Crippen molar-refractivity contribution < 1.29 is 17.7 Å². The van der Waals surface area contributed by atoms with Crippen LogP contribution in [-0.2, 0) is 14.6 Å². The van der Waals surface area contributed by atoms with Crippen molar-refractivity contribution >= 4 is 21.4 Å². The van der Waals surface area contributed by atoms with Gasteiger partial charge in [0.05, 0.1) is 22.3 Å². The molecular weight excluding hydrogens is 400 g/mol. The van der Waals surface area contributed by atoms with Crippen molar-refractivity contribution in [2.45, 2.75) is 79.8 Å². The van der Waals surface area contributed by atoms with Crippen LogP contribution < -0.4 is 5.32 Å². The number of nitrogens with zero attached hydrogens (tertiary/aromatic N) is 1. The van der Waals surface area contributed by atoms with E-state index < -0.39 is 9.84 Å². The minimum Gasteiger partial charge on any atom is -0.359 e. The largest absolute Gasteiger partial charge is 0.359 e. The Morgan fingerprint density at radius 3 is 2.40 bits per heavy atom. The van der Waals surface area contributed by atoms with Crippen molar-refractivity contribution in [2.24, 2.45) is 5.92 Å². The summed E-state index contributed by atoms with van der Waals surface area (Å²) in [6, 6.07) is 6.99.